The van der Waals surface area contributed by atoms with Gasteiger partial charge in [0, 0.05) is 18.5 Å². The number of halogens is 1. The van der Waals surface area contributed by atoms with E-state index in [1.807, 2.05) is 20.8 Å². The standard InChI is InChI=1S/C16H20FNO2/c1-12-11-13(8-9-14(12)17)7-5-6-10-18-15(19)20-16(2,3)4/h8-9,11H,6,10H2,1-4H3,(H,18,19). The second-order valence-electron chi connectivity index (χ2n) is 5.44. The maximum atomic E-state index is 13.1. The molecule has 1 aromatic rings. The van der Waals surface area contributed by atoms with Crippen LogP contribution in [0.15, 0.2) is 18.2 Å². The molecule has 20 heavy (non-hydrogen) atoms. The molecular weight excluding hydrogens is 257 g/mol. The number of alkyl carbamates (subject to hydrolysis) is 1. The van der Waals surface area contributed by atoms with E-state index in [0.29, 0.717) is 18.5 Å². The second kappa shape index (κ2) is 6.95. The molecule has 1 N–H and O–H groups in total. The molecule has 0 aliphatic carbocycles. The highest BCUT2D eigenvalue weighted by atomic mass is 19.1. The summed E-state index contributed by atoms with van der Waals surface area (Å²) in [7, 11) is 0. The maximum Gasteiger partial charge on any atom is 0.407 e. The third-order valence-electron chi connectivity index (χ3n) is 2.31. The largest absolute Gasteiger partial charge is 0.444 e. The van der Waals surface area contributed by atoms with Gasteiger partial charge in [0.25, 0.3) is 0 Å². The number of nitrogens with one attached hydrogen (secondary N) is 1. The topological polar surface area (TPSA) is 38.3 Å². The van der Waals surface area contributed by atoms with Crippen LogP contribution >= 0.6 is 0 Å². The fraction of sp³-hybridized carbons (Fsp3) is 0.438. The molecule has 108 valence electrons. The first-order valence-electron chi connectivity index (χ1n) is 6.50. The molecule has 0 spiro atoms. The van der Waals surface area contributed by atoms with Crippen LogP contribution in [0.4, 0.5) is 9.18 Å². The molecule has 3 nitrogen and oxygen atoms in total. The Kier molecular flexibility index (Phi) is 5.57. The maximum absolute atomic E-state index is 13.1. The number of carbonyl (C=O) groups is 1. The van der Waals surface area contributed by atoms with Crippen LogP contribution in [-0.4, -0.2) is 18.2 Å². The fourth-order valence-corrected chi connectivity index (χ4v) is 1.43. The summed E-state index contributed by atoms with van der Waals surface area (Å²) in [5.41, 5.74) is 0.839. The molecule has 0 aliphatic rings. The lowest BCUT2D eigenvalue weighted by Gasteiger charge is -2.19. The van der Waals surface area contributed by atoms with E-state index in [-0.39, 0.29) is 5.82 Å². The number of hydrogen-bond acceptors (Lipinski definition) is 2. The van der Waals surface area contributed by atoms with Crippen molar-refractivity contribution in [2.24, 2.45) is 0 Å². The Hall–Kier alpha value is -2.02. The zero-order chi connectivity index (χ0) is 15.2. The van der Waals surface area contributed by atoms with Crippen molar-refractivity contribution in [3.05, 3.63) is 35.1 Å². The second-order valence-corrected chi connectivity index (χ2v) is 5.44. The lowest BCUT2D eigenvalue weighted by molar-refractivity contribution is 0.0529. The molecule has 0 unspecified atom stereocenters. The minimum Gasteiger partial charge on any atom is -0.444 e. The minimum absolute atomic E-state index is 0.234. The number of rotatable bonds is 2. The molecule has 0 bridgehead atoms. The van der Waals surface area contributed by atoms with Gasteiger partial charge in [0.1, 0.15) is 11.4 Å². The molecule has 0 atom stereocenters. The smallest absolute Gasteiger partial charge is 0.407 e. The number of ether oxygens (including phenoxy) is 1. The Morgan fingerprint density at radius 1 is 1.40 bits per heavy atom. The average molecular weight is 277 g/mol. The first kappa shape index (κ1) is 16.0. The van der Waals surface area contributed by atoms with Gasteiger partial charge >= 0.3 is 6.09 Å². The normalized spacial score (nSPS) is 10.4. The molecule has 4 heteroatoms. The summed E-state index contributed by atoms with van der Waals surface area (Å²) in [5, 5.41) is 2.62. The van der Waals surface area contributed by atoms with Crippen LogP contribution in [0.5, 0.6) is 0 Å². The Bertz CT molecular complexity index is 536. The van der Waals surface area contributed by atoms with E-state index < -0.39 is 11.7 Å². The highest BCUT2D eigenvalue weighted by Gasteiger charge is 2.15. The van der Waals surface area contributed by atoms with Gasteiger partial charge in [0.15, 0.2) is 0 Å². The van der Waals surface area contributed by atoms with Crippen molar-refractivity contribution >= 4 is 6.09 Å². The SMILES string of the molecule is Cc1cc(C#CCCNC(=O)OC(C)(C)C)ccc1F. The predicted molar refractivity (Wildman–Crippen MR) is 76.9 cm³/mol. The van der Waals surface area contributed by atoms with Gasteiger partial charge in [-0.25, -0.2) is 9.18 Å². The van der Waals surface area contributed by atoms with Crippen LogP contribution in [0.3, 0.4) is 0 Å². The summed E-state index contributed by atoms with van der Waals surface area (Å²) < 4.78 is 18.1. The molecule has 0 radical (unpaired) electrons. The quantitative estimate of drug-likeness (QED) is 0.664. The van der Waals surface area contributed by atoms with Crippen molar-refractivity contribution in [1.82, 2.24) is 5.32 Å². The van der Waals surface area contributed by atoms with E-state index in [9.17, 15) is 9.18 Å². The van der Waals surface area contributed by atoms with Gasteiger partial charge in [-0.1, -0.05) is 11.8 Å². The molecule has 1 aromatic carbocycles. The molecule has 0 heterocycles. The summed E-state index contributed by atoms with van der Waals surface area (Å²) in [4.78, 5) is 11.4. The van der Waals surface area contributed by atoms with Gasteiger partial charge < -0.3 is 10.1 Å². The Balaban J connectivity index is 2.36. The average Bonchev–Trinajstić information content (AvgIpc) is 2.31. The molecule has 0 aliphatic heterocycles. The van der Waals surface area contributed by atoms with E-state index in [0.717, 1.165) is 5.56 Å². The molecule has 1 rings (SSSR count). The van der Waals surface area contributed by atoms with Crippen LogP contribution in [0.25, 0.3) is 0 Å². The molecule has 0 saturated heterocycles. The van der Waals surface area contributed by atoms with Gasteiger partial charge in [-0.05, 0) is 51.5 Å². The fourth-order valence-electron chi connectivity index (χ4n) is 1.43. The molecule has 0 saturated carbocycles. The number of carbonyl (C=O) groups excluding carboxylic acids is 1. The van der Waals surface area contributed by atoms with Crippen molar-refractivity contribution < 1.29 is 13.9 Å². The number of hydrogen-bond donors (Lipinski definition) is 1. The van der Waals surface area contributed by atoms with Crippen LogP contribution in [-0.2, 0) is 4.74 Å². The highest BCUT2D eigenvalue weighted by Crippen LogP contribution is 2.08. The van der Waals surface area contributed by atoms with E-state index in [1.165, 1.54) is 6.07 Å². The van der Waals surface area contributed by atoms with Gasteiger partial charge in [0.2, 0.25) is 0 Å². The lowest BCUT2D eigenvalue weighted by Crippen LogP contribution is -2.32. The zero-order valence-electron chi connectivity index (χ0n) is 12.3. The van der Waals surface area contributed by atoms with Crippen LogP contribution < -0.4 is 5.32 Å². The summed E-state index contributed by atoms with van der Waals surface area (Å²) in [6, 6.07) is 4.73. The summed E-state index contributed by atoms with van der Waals surface area (Å²) in [6.45, 7) is 7.54. The van der Waals surface area contributed by atoms with Crippen LogP contribution in [0, 0.1) is 24.6 Å². The highest BCUT2D eigenvalue weighted by molar-refractivity contribution is 5.67. The third-order valence-corrected chi connectivity index (χ3v) is 2.31. The van der Waals surface area contributed by atoms with Crippen LogP contribution in [0.1, 0.15) is 38.3 Å². The van der Waals surface area contributed by atoms with Gasteiger partial charge in [0.05, 0.1) is 0 Å². The predicted octanol–water partition coefficient (Wildman–Crippen LogP) is 3.40. The first-order chi connectivity index (χ1) is 9.28. The Morgan fingerprint density at radius 2 is 2.10 bits per heavy atom. The summed E-state index contributed by atoms with van der Waals surface area (Å²) in [6.07, 6.45) is 0.0623. The molecule has 0 aromatic heterocycles. The third kappa shape index (κ3) is 6.24. The van der Waals surface area contributed by atoms with Crippen LogP contribution in [0.2, 0.25) is 0 Å². The summed E-state index contributed by atoms with van der Waals surface area (Å²) >= 11 is 0. The molecular formula is C16H20FNO2. The van der Waals surface area contributed by atoms with Gasteiger partial charge in [-0.2, -0.15) is 0 Å². The van der Waals surface area contributed by atoms with Crippen molar-refractivity contribution in [3.8, 4) is 11.8 Å². The van der Waals surface area contributed by atoms with Gasteiger partial charge in [-0.3, -0.25) is 0 Å². The van der Waals surface area contributed by atoms with E-state index in [4.69, 9.17) is 4.74 Å². The van der Waals surface area contributed by atoms with E-state index in [1.54, 1.807) is 19.1 Å². The zero-order valence-corrected chi connectivity index (χ0v) is 12.3. The van der Waals surface area contributed by atoms with Crippen molar-refractivity contribution in [2.75, 3.05) is 6.54 Å². The molecule has 0 fully saturated rings. The number of aryl methyl sites for hydroxylation is 1. The minimum atomic E-state index is -0.499. The number of benzene rings is 1. The number of amides is 1. The van der Waals surface area contributed by atoms with Gasteiger partial charge in [-0.15, -0.1) is 0 Å². The monoisotopic (exact) mass is 277 g/mol. The first-order valence-corrected chi connectivity index (χ1v) is 6.50. The van der Waals surface area contributed by atoms with Crippen molar-refractivity contribution in [1.29, 1.82) is 0 Å². The Labute approximate surface area is 119 Å². The van der Waals surface area contributed by atoms with Crippen molar-refractivity contribution in [3.63, 3.8) is 0 Å². The molecule has 1 amide bonds. The summed E-state index contributed by atoms with van der Waals surface area (Å²) in [5.74, 6) is 5.62. The Morgan fingerprint density at radius 3 is 2.70 bits per heavy atom. The lowest BCUT2D eigenvalue weighted by atomic mass is 10.1. The van der Waals surface area contributed by atoms with E-state index in [2.05, 4.69) is 17.2 Å². The van der Waals surface area contributed by atoms with E-state index >= 15 is 0 Å². The van der Waals surface area contributed by atoms with Crippen molar-refractivity contribution in [2.45, 2.75) is 39.7 Å².